The van der Waals surface area contributed by atoms with Crippen LogP contribution in [0, 0.1) is 0 Å². The van der Waals surface area contributed by atoms with Crippen molar-refractivity contribution < 1.29 is 19.1 Å². The van der Waals surface area contributed by atoms with Gasteiger partial charge in [-0.05, 0) is 59.3 Å². The maximum atomic E-state index is 12.2. The first-order chi connectivity index (χ1) is 13.8. The van der Waals surface area contributed by atoms with Crippen LogP contribution in [0.2, 0.25) is 5.02 Å². The van der Waals surface area contributed by atoms with Gasteiger partial charge in [-0.15, -0.1) is 0 Å². The number of benzene rings is 2. The molecule has 29 heavy (non-hydrogen) atoms. The van der Waals surface area contributed by atoms with Crippen LogP contribution < -0.4 is 20.2 Å². The van der Waals surface area contributed by atoms with Crippen LogP contribution in [0.1, 0.15) is 13.3 Å². The van der Waals surface area contributed by atoms with E-state index in [4.69, 9.17) is 21.1 Å². The zero-order chi connectivity index (χ0) is 21.4. The van der Waals surface area contributed by atoms with Crippen LogP contribution in [0.3, 0.4) is 0 Å². The van der Waals surface area contributed by atoms with Crippen LogP contribution in [0.5, 0.6) is 11.5 Å². The summed E-state index contributed by atoms with van der Waals surface area (Å²) in [5, 5.41) is 7.09. The van der Waals surface area contributed by atoms with Gasteiger partial charge in [0.1, 0.15) is 11.5 Å². The lowest BCUT2D eigenvalue weighted by Crippen LogP contribution is -2.26. The van der Waals surface area contributed by atoms with Gasteiger partial charge in [-0.2, -0.15) is 5.10 Å². The molecule has 0 aliphatic carbocycles. The average molecular weight is 548 g/mol. The van der Waals surface area contributed by atoms with Crippen LogP contribution in [0.15, 0.2) is 50.4 Å². The quantitative estimate of drug-likeness (QED) is 0.368. The number of nitrogens with one attached hydrogen (secondary N) is 2. The fourth-order valence-corrected chi connectivity index (χ4v) is 3.50. The number of rotatable bonds is 8. The van der Waals surface area contributed by atoms with E-state index < -0.39 is 5.91 Å². The van der Waals surface area contributed by atoms with E-state index in [9.17, 15) is 9.59 Å². The minimum atomic E-state index is -0.448. The predicted octanol–water partition coefficient (Wildman–Crippen LogP) is 4.77. The van der Waals surface area contributed by atoms with E-state index in [1.54, 1.807) is 37.3 Å². The zero-order valence-electron chi connectivity index (χ0n) is 15.6. The van der Waals surface area contributed by atoms with E-state index in [1.807, 2.05) is 6.07 Å². The number of amides is 2. The molecule has 0 atom stereocenters. The molecular formula is C19H18Br2ClN3O4. The summed E-state index contributed by atoms with van der Waals surface area (Å²) in [5.41, 5.74) is 3.23. The first-order valence-corrected chi connectivity index (χ1v) is 10.3. The molecule has 2 aromatic carbocycles. The Balaban J connectivity index is 1.83. The highest BCUT2D eigenvalue weighted by atomic mass is 79.9. The Morgan fingerprint density at radius 3 is 2.52 bits per heavy atom. The number of hydrogen-bond acceptors (Lipinski definition) is 5. The average Bonchev–Trinajstić information content (AvgIpc) is 2.65. The van der Waals surface area contributed by atoms with Crippen LogP contribution in [-0.2, 0) is 9.59 Å². The van der Waals surface area contributed by atoms with E-state index in [0.717, 1.165) is 4.47 Å². The van der Waals surface area contributed by atoms with E-state index in [0.29, 0.717) is 32.4 Å². The summed E-state index contributed by atoms with van der Waals surface area (Å²) in [6, 6.07) is 10.2. The highest BCUT2D eigenvalue weighted by Gasteiger charge is 2.10. The van der Waals surface area contributed by atoms with Crippen molar-refractivity contribution in [2.24, 2.45) is 5.10 Å². The van der Waals surface area contributed by atoms with Crippen molar-refractivity contribution in [3.8, 4) is 11.5 Å². The number of ether oxygens (including phenoxy) is 2. The molecule has 0 aromatic heterocycles. The van der Waals surface area contributed by atoms with Gasteiger partial charge in [-0.25, -0.2) is 5.43 Å². The van der Waals surface area contributed by atoms with Crippen LogP contribution in [-0.4, -0.2) is 31.2 Å². The highest BCUT2D eigenvalue weighted by Crippen LogP contribution is 2.28. The molecule has 0 aliphatic heterocycles. The zero-order valence-corrected chi connectivity index (χ0v) is 19.5. The maximum absolute atomic E-state index is 12.2. The minimum absolute atomic E-state index is 0.0188. The molecule has 0 heterocycles. The number of carbonyl (C=O) groups excluding carboxylic acids is 2. The third-order valence-corrected chi connectivity index (χ3v) is 4.82. The fraction of sp³-hybridized carbons (Fsp3) is 0.211. The molecule has 0 bridgehead atoms. The minimum Gasteiger partial charge on any atom is -0.495 e. The first kappa shape index (κ1) is 23.2. The van der Waals surface area contributed by atoms with Crippen molar-refractivity contribution in [3.05, 3.63) is 50.4 Å². The second-order valence-electron chi connectivity index (χ2n) is 5.82. The molecule has 2 aromatic rings. The van der Waals surface area contributed by atoms with E-state index >= 15 is 0 Å². The molecular weight excluding hydrogens is 529 g/mol. The number of nitrogens with zero attached hydrogens (tertiary/aromatic N) is 1. The summed E-state index contributed by atoms with van der Waals surface area (Å²) in [7, 11) is 1.50. The molecule has 0 radical (unpaired) electrons. The highest BCUT2D eigenvalue weighted by molar-refractivity contribution is 9.11. The molecule has 0 spiro atoms. The largest absolute Gasteiger partial charge is 0.495 e. The molecule has 10 heteroatoms. The lowest BCUT2D eigenvalue weighted by atomic mass is 10.2. The lowest BCUT2D eigenvalue weighted by molar-refractivity contribution is -0.123. The Hall–Kier alpha value is -2.10. The van der Waals surface area contributed by atoms with Crippen molar-refractivity contribution in [2.75, 3.05) is 19.0 Å². The van der Waals surface area contributed by atoms with E-state index in [-0.39, 0.29) is 18.9 Å². The molecule has 2 amide bonds. The van der Waals surface area contributed by atoms with Crippen molar-refractivity contribution in [3.63, 3.8) is 0 Å². The molecule has 154 valence electrons. The topological polar surface area (TPSA) is 89.0 Å². The van der Waals surface area contributed by atoms with Crippen molar-refractivity contribution >= 4 is 66.7 Å². The van der Waals surface area contributed by atoms with Crippen LogP contribution in [0.25, 0.3) is 0 Å². The number of hydrazone groups is 1. The first-order valence-electron chi connectivity index (χ1n) is 8.31. The third kappa shape index (κ3) is 7.68. The molecule has 0 fully saturated rings. The summed E-state index contributed by atoms with van der Waals surface area (Å²) in [5.74, 6) is 0.244. The number of anilines is 1. The van der Waals surface area contributed by atoms with Crippen LogP contribution in [0.4, 0.5) is 5.69 Å². The summed E-state index contributed by atoms with van der Waals surface area (Å²) in [6.45, 7) is 1.41. The molecule has 0 saturated heterocycles. The normalized spacial score (nSPS) is 11.0. The van der Waals surface area contributed by atoms with Gasteiger partial charge in [0.25, 0.3) is 5.91 Å². The number of halogens is 3. The Labute approximate surface area is 190 Å². The standard InChI is InChI=1S/C19H18Br2ClN3O4/c1-11(7-18(26)23-15-9-13(22)4-6-17(15)28-2)24-25-19(27)10-29-16-5-3-12(20)8-14(16)21/h3-6,8-9H,7,10H2,1-2H3,(H,23,26)(H,25,27). The fourth-order valence-electron chi connectivity index (χ4n) is 2.17. The van der Waals surface area contributed by atoms with Gasteiger partial charge in [0.15, 0.2) is 6.61 Å². The van der Waals surface area contributed by atoms with Gasteiger partial charge in [-0.3, -0.25) is 9.59 Å². The summed E-state index contributed by atoms with van der Waals surface area (Å²) in [4.78, 5) is 24.1. The second kappa shape index (κ2) is 11.2. The van der Waals surface area contributed by atoms with Gasteiger partial charge in [-0.1, -0.05) is 27.5 Å². The molecule has 2 rings (SSSR count). The van der Waals surface area contributed by atoms with Gasteiger partial charge in [0.2, 0.25) is 5.91 Å². The van der Waals surface area contributed by atoms with Crippen molar-refractivity contribution in [2.45, 2.75) is 13.3 Å². The Morgan fingerprint density at radius 1 is 1.10 bits per heavy atom. The number of hydrogen-bond donors (Lipinski definition) is 2. The monoisotopic (exact) mass is 545 g/mol. The molecule has 0 saturated carbocycles. The second-order valence-corrected chi connectivity index (χ2v) is 8.02. The number of methoxy groups -OCH3 is 1. The smallest absolute Gasteiger partial charge is 0.277 e. The summed E-state index contributed by atoms with van der Waals surface area (Å²) in [6.07, 6.45) is -0.0188. The maximum Gasteiger partial charge on any atom is 0.277 e. The molecule has 7 nitrogen and oxygen atoms in total. The molecule has 2 N–H and O–H groups in total. The summed E-state index contributed by atoms with van der Waals surface area (Å²) >= 11 is 12.6. The Kier molecular flexibility index (Phi) is 8.94. The van der Waals surface area contributed by atoms with E-state index in [2.05, 4.69) is 47.7 Å². The number of carbonyl (C=O) groups is 2. The van der Waals surface area contributed by atoms with Gasteiger partial charge in [0, 0.05) is 15.2 Å². The summed E-state index contributed by atoms with van der Waals surface area (Å²) < 4.78 is 12.2. The predicted molar refractivity (Wildman–Crippen MR) is 120 cm³/mol. The third-order valence-electron chi connectivity index (χ3n) is 3.48. The lowest BCUT2D eigenvalue weighted by Gasteiger charge is -2.10. The van der Waals surface area contributed by atoms with Gasteiger partial charge in [0.05, 0.1) is 23.7 Å². The Bertz CT molecular complexity index is 938. The molecule has 0 unspecified atom stereocenters. The van der Waals surface area contributed by atoms with Gasteiger partial charge < -0.3 is 14.8 Å². The van der Waals surface area contributed by atoms with Crippen molar-refractivity contribution in [1.82, 2.24) is 5.43 Å². The molecule has 0 aliphatic rings. The van der Waals surface area contributed by atoms with Crippen LogP contribution >= 0.6 is 43.5 Å². The Morgan fingerprint density at radius 2 is 1.83 bits per heavy atom. The van der Waals surface area contributed by atoms with E-state index in [1.165, 1.54) is 7.11 Å². The van der Waals surface area contributed by atoms with Gasteiger partial charge >= 0.3 is 0 Å². The SMILES string of the molecule is COc1ccc(Cl)cc1NC(=O)CC(C)=NNC(=O)COc1ccc(Br)cc1Br. The van der Waals surface area contributed by atoms with Crippen molar-refractivity contribution in [1.29, 1.82) is 0 Å².